The van der Waals surface area contributed by atoms with Crippen LogP contribution >= 0.6 is 24.4 Å². The number of nitrogens with zero attached hydrogens (tertiary/aromatic N) is 2. The van der Waals surface area contributed by atoms with Gasteiger partial charge in [0.25, 0.3) is 0 Å². The van der Waals surface area contributed by atoms with E-state index in [4.69, 9.17) is 97.2 Å². The summed E-state index contributed by atoms with van der Waals surface area (Å²) in [6.45, 7) is 28.9. The smallest absolute Gasteiger partial charge is 0.411 e. The standard InChI is InChI=1S/2C9H19NS2.4C2H6.Zn.20H2/c2*1-3-5-7-10(9(11)12)8-6-4-2;4*1-2;;;;;;;;;;;;;;;;;;;;;/h2*3-8H2,1-2H3,(H,11,12);4*1-2H3;;20*1H/q;;;;;;+2;;;;;;;;;;;;;;;;;;;;/p-2/i;;;;;;;16*1+1D;4*1+1. The van der Waals surface area contributed by atoms with Crippen LogP contribution in [0, 0.1) is 0 Å². The van der Waals surface area contributed by atoms with E-state index < -0.39 is 0 Å². The first-order valence-corrected chi connectivity index (χ1v) is 15.0. The van der Waals surface area contributed by atoms with Gasteiger partial charge < -0.3 is 59.5 Å². The number of unbranched alkanes of at least 4 members (excludes halogenated alkanes) is 4. The van der Waals surface area contributed by atoms with E-state index in [1.807, 2.05) is 55.4 Å². The second kappa shape index (κ2) is 54.0. The van der Waals surface area contributed by atoms with Crippen molar-refractivity contribution in [2.24, 2.45) is 0 Å². The Kier molecular flexibility index (Phi) is 32.5. The van der Waals surface area contributed by atoms with Crippen molar-refractivity contribution in [3.63, 3.8) is 0 Å². The van der Waals surface area contributed by atoms with Crippen molar-refractivity contribution in [1.82, 2.24) is 9.80 Å². The molecule has 0 saturated carbocycles. The molecule has 0 N–H and O–H groups in total. The molecule has 0 rings (SSSR count). The zero-order valence-electron chi connectivity index (χ0n) is 56.7. The largest absolute Gasteiger partial charge is 2.00 e. The molecule has 33 heavy (non-hydrogen) atoms. The maximum Gasteiger partial charge on any atom is 2.00 e. The van der Waals surface area contributed by atoms with Crippen molar-refractivity contribution in [3.8, 4) is 0 Å². The van der Waals surface area contributed by atoms with Crippen molar-refractivity contribution in [2.45, 2.75) is 134 Å². The minimum atomic E-state index is 0. The molecule has 0 heterocycles. The van der Waals surface area contributed by atoms with Crippen LogP contribution in [0.15, 0.2) is 0 Å². The predicted octanol–water partition coefficient (Wildman–Crippen LogP) is 14.5. The summed E-state index contributed by atoms with van der Waals surface area (Å²) < 4.78 is 161. The molecule has 2 nitrogen and oxygen atoms in total. The third-order valence-electron chi connectivity index (χ3n) is 3.64. The van der Waals surface area contributed by atoms with Crippen LogP contribution in [0.3, 0.4) is 0 Å². The van der Waals surface area contributed by atoms with E-state index in [9.17, 15) is 0 Å². The third kappa shape index (κ3) is 50.6. The van der Waals surface area contributed by atoms with Crippen LogP contribution in [0.5, 0.6) is 0 Å². The Labute approximate surface area is 302 Å². The molecule has 7 heteroatoms. The molecule has 0 unspecified atom stereocenters. The van der Waals surface area contributed by atoms with Crippen LogP contribution < -0.4 is 0 Å². The van der Waals surface area contributed by atoms with Gasteiger partial charge in [0, 0.05) is 79.4 Å². The zero-order valence-corrected chi connectivity index (χ0v) is 31.0. The van der Waals surface area contributed by atoms with Crippen LogP contribution in [0.1, 0.15) is 188 Å². The van der Waals surface area contributed by atoms with E-state index in [2.05, 4.69) is 37.5 Å². The number of rotatable bonds is 12. The summed E-state index contributed by atoms with van der Waals surface area (Å²) in [5.74, 6) is 0. The van der Waals surface area contributed by atoms with Crippen molar-refractivity contribution in [1.29, 1.82) is 0 Å². The van der Waals surface area contributed by atoms with Gasteiger partial charge in [-0.25, -0.2) is 0 Å². The molecule has 0 aliphatic rings. The van der Waals surface area contributed by atoms with Crippen LogP contribution in [0.25, 0.3) is 0 Å². The molecule has 0 aliphatic heterocycles. The van der Waals surface area contributed by atoms with E-state index >= 15 is 0 Å². The number of hydrogen-bond acceptors (Lipinski definition) is 4. The fraction of sp³-hybridized carbons (Fsp3) is 0.923. The van der Waals surface area contributed by atoms with Gasteiger partial charge in [-0.05, 0) is 25.7 Å². The summed E-state index contributed by atoms with van der Waals surface area (Å²) in [7, 11) is 0. The average Bonchev–Trinajstić information content (AvgIpc) is 3.45. The molecule has 0 aromatic heterocycles. The molecule has 240 valence electrons. The predicted molar refractivity (Wildman–Crippen MR) is 210 cm³/mol. The zero-order chi connectivity index (χ0) is 58.8. The van der Waals surface area contributed by atoms with Gasteiger partial charge >= 0.3 is 19.5 Å². The maximum absolute atomic E-state index is 5.00. The third-order valence-corrected chi connectivity index (χ3v) is 4.68. The normalized spacial score (nSPS) is 11.8. The van der Waals surface area contributed by atoms with Gasteiger partial charge in [-0.1, -0.05) is 117 Å². The van der Waals surface area contributed by atoms with Crippen LogP contribution in [-0.2, 0) is 44.7 Å². The first-order valence-electron chi connectivity index (χ1n) is 29.4. The van der Waals surface area contributed by atoms with Crippen molar-refractivity contribution >= 4 is 58.3 Å². The number of thiocarbonyl (C=S) groups is 2. The molecule has 0 aromatic rings. The van der Waals surface area contributed by atoms with Gasteiger partial charge in [-0.3, -0.25) is 0 Å². The first-order chi connectivity index (χ1) is 31.4. The molecule has 0 fully saturated rings. The van der Waals surface area contributed by atoms with E-state index in [1.165, 1.54) is 51.4 Å². The summed E-state index contributed by atoms with van der Waals surface area (Å²) in [4.78, 5) is 4.27. The van der Waals surface area contributed by atoms with Crippen molar-refractivity contribution in [2.75, 3.05) is 26.2 Å². The fourth-order valence-electron chi connectivity index (χ4n) is 1.98. The topological polar surface area (TPSA) is 6.48 Å². The average molecular weight is 671 g/mol. The first kappa shape index (κ1) is 19.9. The van der Waals surface area contributed by atoms with E-state index in [0.29, 0.717) is 8.64 Å². The quantitative estimate of drug-likeness (QED) is 0.115. The molecular weight excluding hydrogens is 534 g/mol. The SMILES string of the molecule is CC.CC.CC.CC.CCCCN(CCCC)C(=S)[S-].CCCCN(CCCC)C(=S)[S-].[2HH].[2HH].[2HH].[2HH].[2H][2H].[2H][2H].[2H][2H].[2H][2H].[2H][2H].[2H][2H].[2H][2H].[2H][2H].[2H][2H].[2H][2H].[2H][2H].[2H][2H].[2H][2H].[2H][2H].[2H][2H].[2H][2H].[Zn+2]. The number of hydrogen-bond donors (Lipinski definition) is 0. The van der Waals surface area contributed by atoms with Gasteiger partial charge in [0.2, 0.25) is 0 Å². The van der Waals surface area contributed by atoms with E-state index in [0.717, 1.165) is 26.2 Å². The Bertz CT molecular complexity index is 344. The maximum atomic E-state index is 5.00. The Balaban J connectivity index is -0.0000000115. The summed E-state index contributed by atoms with van der Waals surface area (Å²) in [6.07, 6.45) is 9.62. The van der Waals surface area contributed by atoms with Gasteiger partial charge in [0.15, 0.2) is 0 Å². The van der Waals surface area contributed by atoms with Gasteiger partial charge in [0.1, 0.15) is 0 Å². The van der Waals surface area contributed by atoms with Crippen LogP contribution in [0.2, 0.25) is 0 Å². The molecule has 0 aliphatic carbocycles. The second-order valence-electron chi connectivity index (χ2n) is 5.92. The van der Waals surface area contributed by atoms with Gasteiger partial charge in [-0.15, -0.1) is 0 Å². The monoisotopic (exact) mass is 669 g/mol. The Morgan fingerprint density at radius 3 is 0.788 bits per heavy atom. The summed E-state index contributed by atoms with van der Waals surface area (Å²) >= 11 is 19.9. The van der Waals surface area contributed by atoms with Crippen LogP contribution in [0.4, 0.5) is 0 Å². The second-order valence-corrected chi connectivity index (χ2v) is 7.98. The van der Waals surface area contributed by atoms with Crippen molar-refractivity contribution < 1.29 is 72.7 Å². The molecule has 0 bridgehead atoms. The Hall–Kier alpha value is 0.843. The molecular formula is C26H100N2S4Zn. The molecule has 0 radical (unpaired) electrons. The van der Waals surface area contributed by atoms with Gasteiger partial charge in [-0.2, -0.15) is 0 Å². The van der Waals surface area contributed by atoms with Crippen molar-refractivity contribution in [3.05, 3.63) is 0 Å². The summed E-state index contributed by atoms with van der Waals surface area (Å²) in [5.41, 5.74) is 0. The molecule has 0 amide bonds. The summed E-state index contributed by atoms with van der Waals surface area (Å²) in [6, 6.07) is 0. The van der Waals surface area contributed by atoms with E-state index in [-0.39, 0.29) is 25.2 Å². The van der Waals surface area contributed by atoms with E-state index in [1.54, 1.807) is 0 Å². The minimum Gasteiger partial charge on any atom is -0.411 e. The Morgan fingerprint density at radius 1 is 0.545 bits per heavy atom. The van der Waals surface area contributed by atoms with Crippen LogP contribution in [-0.4, -0.2) is 44.6 Å². The molecule has 0 atom stereocenters. The summed E-state index contributed by atoms with van der Waals surface area (Å²) in [5, 5.41) is 0. The van der Waals surface area contributed by atoms with Gasteiger partial charge in [0.05, 0.1) is 0 Å². The fourth-order valence-corrected chi connectivity index (χ4v) is 2.71. The minimum absolute atomic E-state index is 0. The molecule has 0 spiro atoms. The Morgan fingerprint density at radius 2 is 0.697 bits per heavy atom. The molecule has 0 saturated heterocycles. The molecule has 0 aromatic carbocycles.